The smallest absolute Gasteiger partial charge is 0.224 e. The van der Waals surface area contributed by atoms with Crippen molar-refractivity contribution in [2.45, 2.75) is 58.8 Å². The van der Waals surface area contributed by atoms with Gasteiger partial charge in [-0.1, -0.05) is 44.9 Å². The number of hydrogen-bond donors (Lipinski definition) is 2. The van der Waals surface area contributed by atoms with E-state index >= 15 is 0 Å². The number of hydrogen-bond acceptors (Lipinski definition) is 2. The van der Waals surface area contributed by atoms with E-state index in [0.717, 1.165) is 43.5 Å². The van der Waals surface area contributed by atoms with E-state index in [2.05, 4.69) is 25.2 Å². The summed E-state index contributed by atoms with van der Waals surface area (Å²) in [6.07, 6.45) is 4.78. The van der Waals surface area contributed by atoms with Crippen molar-refractivity contribution in [2.75, 3.05) is 11.9 Å². The summed E-state index contributed by atoms with van der Waals surface area (Å²) in [5.74, 6) is 0.531. The third-order valence-electron chi connectivity index (χ3n) is 3.55. The first-order valence-corrected chi connectivity index (χ1v) is 7.65. The van der Waals surface area contributed by atoms with Crippen molar-refractivity contribution in [3.63, 3.8) is 0 Å². The van der Waals surface area contributed by atoms with Gasteiger partial charge in [0, 0.05) is 12.1 Å². The fourth-order valence-corrected chi connectivity index (χ4v) is 2.33. The normalized spacial score (nSPS) is 10.8. The molecule has 0 saturated heterocycles. The number of carbonyl (C=O) groups is 1. The van der Waals surface area contributed by atoms with Gasteiger partial charge in [-0.05, 0) is 43.4 Å². The van der Waals surface area contributed by atoms with Crippen LogP contribution in [0.2, 0.25) is 0 Å². The van der Waals surface area contributed by atoms with E-state index in [1.165, 1.54) is 5.56 Å². The minimum Gasteiger partial charge on any atom is -0.330 e. The molecule has 1 aromatic carbocycles. The molecule has 1 rings (SSSR count). The molecule has 0 aromatic heterocycles. The SMILES string of the molecule is Cc1cccc(C(C)C)c1NC(=O)CCCCCCN. The number of para-hydroxylation sites is 1. The minimum absolute atomic E-state index is 0.119. The number of benzene rings is 1. The van der Waals surface area contributed by atoms with E-state index in [0.29, 0.717) is 12.3 Å². The maximum Gasteiger partial charge on any atom is 0.224 e. The molecule has 0 fully saturated rings. The van der Waals surface area contributed by atoms with Crippen molar-refractivity contribution in [1.82, 2.24) is 0 Å². The summed E-state index contributed by atoms with van der Waals surface area (Å²) in [7, 11) is 0. The number of nitrogens with two attached hydrogens (primary N) is 1. The van der Waals surface area contributed by atoms with Gasteiger partial charge < -0.3 is 11.1 Å². The molecule has 112 valence electrons. The molecule has 20 heavy (non-hydrogen) atoms. The molecule has 0 aliphatic heterocycles. The molecule has 0 unspecified atom stereocenters. The second-order valence-electron chi connectivity index (χ2n) is 5.69. The van der Waals surface area contributed by atoms with Crippen LogP contribution in [0.15, 0.2) is 18.2 Å². The fourth-order valence-electron chi connectivity index (χ4n) is 2.33. The second kappa shape index (κ2) is 8.75. The van der Waals surface area contributed by atoms with Crippen LogP contribution in [0.5, 0.6) is 0 Å². The molecular formula is C17H28N2O. The summed E-state index contributed by atoms with van der Waals surface area (Å²) in [4.78, 5) is 12.0. The predicted octanol–water partition coefficient (Wildman–Crippen LogP) is 3.97. The third kappa shape index (κ3) is 5.33. The van der Waals surface area contributed by atoms with Crippen LogP contribution in [0.4, 0.5) is 5.69 Å². The van der Waals surface area contributed by atoms with E-state index in [1.54, 1.807) is 0 Å². The molecule has 0 atom stereocenters. The predicted molar refractivity (Wildman–Crippen MR) is 86.0 cm³/mol. The Morgan fingerprint density at radius 3 is 2.55 bits per heavy atom. The van der Waals surface area contributed by atoms with Crippen LogP contribution < -0.4 is 11.1 Å². The average molecular weight is 276 g/mol. The Balaban J connectivity index is 2.53. The molecule has 0 spiro atoms. The standard InChI is InChI=1S/C17H28N2O/c1-13(2)15-10-8-9-14(3)17(15)19-16(20)11-6-4-5-7-12-18/h8-10,13H,4-7,11-12,18H2,1-3H3,(H,19,20). The van der Waals surface area contributed by atoms with Crippen LogP contribution in [0.1, 0.15) is 63.0 Å². The largest absolute Gasteiger partial charge is 0.330 e. The molecule has 0 heterocycles. The molecule has 0 radical (unpaired) electrons. The number of unbranched alkanes of at least 4 members (excludes halogenated alkanes) is 3. The molecule has 3 N–H and O–H groups in total. The molecule has 0 aliphatic carbocycles. The number of carbonyl (C=O) groups excluding carboxylic acids is 1. The van der Waals surface area contributed by atoms with Crippen LogP contribution in [-0.4, -0.2) is 12.5 Å². The Morgan fingerprint density at radius 1 is 1.20 bits per heavy atom. The Hall–Kier alpha value is -1.35. The number of rotatable bonds is 8. The number of aryl methyl sites for hydroxylation is 1. The topological polar surface area (TPSA) is 55.1 Å². The van der Waals surface area contributed by atoms with Crippen molar-refractivity contribution in [3.8, 4) is 0 Å². The Morgan fingerprint density at radius 2 is 1.90 bits per heavy atom. The van der Waals surface area contributed by atoms with Crippen molar-refractivity contribution in [2.24, 2.45) is 5.73 Å². The highest BCUT2D eigenvalue weighted by Crippen LogP contribution is 2.27. The summed E-state index contributed by atoms with van der Waals surface area (Å²) in [6.45, 7) is 7.09. The van der Waals surface area contributed by atoms with Gasteiger partial charge in [0.2, 0.25) is 5.91 Å². The van der Waals surface area contributed by atoms with E-state index in [9.17, 15) is 4.79 Å². The van der Waals surface area contributed by atoms with Crippen molar-refractivity contribution in [1.29, 1.82) is 0 Å². The summed E-state index contributed by atoms with van der Waals surface area (Å²) in [5.41, 5.74) is 8.79. The molecular weight excluding hydrogens is 248 g/mol. The number of nitrogens with one attached hydrogen (secondary N) is 1. The first-order valence-electron chi connectivity index (χ1n) is 7.65. The minimum atomic E-state index is 0.119. The fraction of sp³-hybridized carbons (Fsp3) is 0.588. The Bertz CT molecular complexity index is 427. The Labute approximate surface area is 122 Å². The molecule has 0 bridgehead atoms. The number of amides is 1. The first-order chi connectivity index (χ1) is 9.56. The van der Waals surface area contributed by atoms with Crippen molar-refractivity contribution >= 4 is 11.6 Å². The van der Waals surface area contributed by atoms with Gasteiger partial charge in [-0.15, -0.1) is 0 Å². The van der Waals surface area contributed by atoms with E-state index in [1.807, 2.05) is 19.1 Å². The van der Waals surface area contributed by atoms with Gasteiger partial charge in [0.15, 0.2) is 0 Å². The second-order valence-corrected chi connectivity index (χ2v) is 5.69. The van der Waals surface area contributed by atoms with E-state index in [4.69, 9.17) is 5.73 Å². The first kappa shape index (κ1) is 16.7. The van der Waals surface area contributed by atoms with Crippen LogP contribution >= 0.6 is 0 Å². The monoisotopic (exact) mass is 276 g/mol. The van der Waals surface area contributed by atoms with Gasteiger partial charge in [0.25, 0.3) is 0 Å². The highest BCUT2D eigenvalue weighted by molar-refractivity contribution is 5.92. The zero-order valence-corrected chi connectivity index (χ0v) is 13.0. The van der Waals surface area contributed by atoms with Crippen LogP contribution in [0.3, 0.4) is 0 Å². The van der Waals surface area contributed by atoms with Crippen LogP contribution in [0, 0.1) is 6.92 Å². The summed E-state index contributed by atoms with van der Waals surface area (Å²) in [6, 6.07) is 6.18. The molecule has 1 aromatic rings. The third-order valence-corrected chi connectivity index (χ3v) is 3.55. The molecule has 3 heteroatoms. The maximum atomic E-state index is 12.0. The van der Waals surface area contributed by atoms with Gasteiger partial charge in [0.05, 0.1) is 0 Å². The summed E-state index contributed by atoms with van der Waals surface area (Å²) < 4.78 is 0. The van der Waals surface area contributed by atoms with Gasteiger partial charge >= 0.3 is 0 Å². The van der Waals surface area contributed by atoms with Crippen molar-refractivity contribution in [3.05, 3.63) is 29.3 Å². The average Bonchev–Trinajstić information content (AvgIpc) is 2.40. The highest BCUT2D eigenvalue weighted by atomic mass is 16.1. The van der Waals surface area contributed by atoms with E-state index < -0.39 is 0 Å². The molecule has 0 aliphatic rings. The van der Waals surface area contributed by atoms with Gasteiger partial charge in [-0.25, -0.2) is 0 Å². The zero-order valence-electron chi connectivity index (χ0n) is 13.0. The van der Waals surface area contributed by atoms with Gasteiger partial charge in [-0.3, -0.25) is 4.79 Å². The lowest BCUT2D eigenvalue weighted by Crippen LogP contribution is -2.14. The summed E-state index contributed by atoms with van der Waals surface area (Å²) in [5, 5.41) is 3.09. The maximum absolute atomic E-state index is 12.0. The van der Waals surface area contributed by atoms with Gasteiger partial charge in [-0.2, -0.15) is 0 Å². The molecule has 3 nitrogen and oxygen atoms in total. The van der Waals surface area contributed by atoms with Crippen LogP contribution in [-0.2, 0) is 4.79 Å². The molecule has 0 saturated carbocycles. The summed E-state index contributed by atoms with van der Waals surface area (Å²) >= 11 is 0. The lowest BCUT2D eigenvalue weighted by molar-refractivity contribution is -0.116. The number of anilines is 1. The molecule has 1 amide bonds. The lowest BCUT2D eigenvalue weighted by atomic mass is 9.98. The van der Waals surface area contributed by atoms with Crippen LogP contribution in [0.25, 0.3) is 0 Å². The quantitative estimate of drug-likeness (QED) is 0.706. The highest BCUT2D eigenvalue weighted by Gasteiger charge is 2.11. The Kier molecular flexibility index (Phi) is 7.31. The lowest BCUT2D eigenvalue weighted by Gasteiger charge is -2.16. The van der Waals surface area contributed by atoms with Gasteiger partial charge in [0.1, 0.15) is 0 Å². The zero-order chi connectivity index (χ0) is 15.0. The van der Waals surface area contributed by atoms with E-state index in [-0.39, 0.29) is 5.91 Å². The van der Waals surface area contributed by atoms with Crippen molar-refractivity contribution < 1.29 is 4.79 Å².